The number of rotatable bonds is 2. The number of esters is 1. The Labute approximate surface area is 119 Å². The highest BCUT2D eigenvalue weighted by molar-refractivity contribution is 5.94. The number of fused-ring (bicyclic) bond motifs is 2. The summed E-state index contributed by atoms with van der Waals surface area (Å²) in [6.45, 7) is 2.12. The quantitative estimate of drug-likeness (QED) is 0.602. The van der Waals surface area contributed by atoms with Gasteiger partial charge in [-0.2, -0.15) is 0 Å². The number of hydrogen-bond acceptors (Lipinski definition) is 2. The van der Waals surface area contributed by atoms with E-state index in [0.717, 1.165) is 24.0 Å². The molecule has 0 amide bonds. The largest absolute Gasteiger partial charge is 0.465 e. The summed E-state index contributed by atoms with van der Waals surface area (Å²) in [7, 11) is 1.44. The number of hydrogen-bond donors (Lipinski definition) is 0. The van der Waals surface area contributed by atoms with Crippen molar-refractivity contribution in [2.75, 3.05) is 7.11 Å². The van der Waals surface area contributed by atoms with Crippen LogP contribution in [0.4, 0.5) is 0 Å². The normalized spacial score (nSPS) is 29.6. The van der Waals surface area contributed by atoms with Crippen LogP contribution in [0, 0.1) is 0 Å². The molecule has 102 valence electrons. The summed E-state index contributed by atoms with van der Waals surface area (Å²) in [5, 5.41) is 0. The number of carbonyl (C=O) groups is 1. The first kappa shape index (κ1) is 12.9. The second kappa shape index (κ2) is 4.78. The molecule has 1 aromatic rings. The SMILES string of the molecule is COC(=O)/C1=C/C/C(C)=C/C2(c3ccccc3)C=C1C2. The molecule has 2 bridgehead atoms. The van der Waals surface area contributed by atoms with Gasteiger partial charge < -0.3 is 4.74 Å². The molecule has 0 fully saturated rings. The summed E-state index contributed by atoms with van der Waals surface area (Å²) in [4.78, 5) is 11.9. The van der Waals surface area contributed by atoms with Crippen LogP contribution >= 0.6 is 0 Å². The van der Waals surface area contributed by atoms with Crippen molar-refractivity contribution < 1.29 is 9.53 Å². The predicted octanol–water partition coefficient (Wildman–Crippen LogP) is 3.70. The lowest BCUT2D eigenvalue weighted by Gasteiger charge is -2.40. The van der Waals surface area contributed by atoms with Gasteiger partial charge in [0.1, 0.15) is 0 Å². The lowest BCUT2D eigenvalue weighted by atomic mass is 9.63. The Morgan fingerprint density at radius 3 is 2.55 bits per heavy atom. The molecule has 0 heterocycles. The maximum atomic E-state index is 11.9. The van der Waals surface area contributed by atoms with E-state index in [1.165, 1.54) is 18.2 Å². The van der Waals surface area contributed by atoms with Crippen LogP contribution in [0.25, 0.3) is 0 Å². The van der Waals surface area contributed by atoms with E-state index in [4.69, 9.17) is 4.74 Å². The van der Waals surface area contributed by atoms with E-state index in [0.29, 0.717) is 0 Å². The fraction of sp³-hybridized carbons (Fsp3) is 0.278. The number of benzene rings is 1. The highest BCUT2D eigenvalue weighted by Gasteiger charge is 2.40. The average Bonchev–Trinajstić information content (AvgIpc) is 2.41. The van der Waals surface area contributed by atoms with Gasteiger partial charge in [0.2, 0.25) is 0 Å². The topological polar surface area (TPSA) is 26.3 Å². The van der Waals surface area contributed by atoms with Crippen molar-refractivity contribution >= 4 is 5.97 Å². The molecule has 0 radical (unpaired) electrons. The van der Waals surface area contributed by atoms with E-state index in [2.05, 4.69) is 43.3 Å². The van der Waals surface area contributed by atoms with Crippen molar-refractivity contribution in [3.05, 3.63) is 70.8 Å². The minimum absolute atomic E-state index is 0.0474. The van der Waals surface area contributed by atoms with Crippen LogP contribution in [0.1, 0.15) is 25.3 Å². The zero-order valence-corrected chi connectivity index (χ0v) is 11.8. The van der Waals surface area contributed by atoms with E-state index in [1.54, 1.807) is 0 Å². The second-order valence-corrected chi connectivity index (χ2v) is 5.56. The van der Waals surface area contributed by atoms with Crippen LogP contribution in [0.5, 0.6) is 0 Å². The summed E-state index contributed by atoms with van der Waals surface area (Å²) in [5.74, 6) is -0.229. The van der Waals surface area contributed by atoms with Crippen LogP contribution < -0.4 is 0 Å². The first-order chi connectivity index (χ1) is 9.64. The van der Waals surface area contributed by atoms with Crippen molar-refractivity contribution in [1.29, 1.82) is 0 Å². The molecule has 0 saturated heterocycles. The van der Waals surface area contributed by atoms with Gasteiger partial charge in [-0.15, -0.1) is 0 Å². The molecule has 4 rings (SSSR count). The van der Waals surface area contributed by atoms with Gasteiger partial charge in [0.15, 0.2) is 0 Å². The molecular formula is C18H18O2. The molecule has 2 nitrogen and oxygen atoms in total. The molecule has 2 heteroatoms. The van der Waals surface area contributed by atoms with Gasteiger partial charge in [0, 0.05) is 5.41 Å². The summed E-state index contributed by atoms with van der Waals surface area (Å²) in [6.07, 6.45) is 8.19. The Balaban J connectivity index is 2.06. The van der Waals surface area contributed by atoms with E-state index in [-0.39, 0.29) is 11.4 Å². The number of methoxy groups -OCH3 is 1. The Morgan fingerprint density at radius 2 is 1.90 bits per heavy atom. The van der Waals surface area contributed by atoms with Crippen molar-refractivity contribution in [2.24, 2.45) is 0 Å². The zero-order chi connectivity index (χ0) is 14.2. The summed E-state index contributed by atoms with van der Waals surface area (Å²) < 4.78 is 4.89. The molecule has 0 spiro atoms. The third kappa shape index (κ3) is 2.01. The maximum Gasteiger partial charge on any atom is 0.337 e. The Bertz CT molecular complexity index is 635. The fourth-order valence-corrected chi connectivity index (χ4v) is 3.10. The molecule has 0 aliphatic heterocycles. The Morgan fingerprint density at radius 1 is 1.20 bits per heavy atom. The summed E-state index contributed by atoms with van der Waals surface area (Å²) >= 11 is 0. The lowest BCUT2D eigenvalue weighted by molar-refractivity contribution is -0.135. The highest BCUT2D eigenvalue weighted by Crippen LogP contribution is 2.48. The Kier molecular flexibility index (Phi) is 3.09. The monoisotopic (exact) mass is 266 g/mol. The highest BCUT2D eigenvalue weighted by atomic mass is 16.5. The van der Waals surface area contributed by atoms with E-state index < -0.39 is 0 Å². The van der Waals surface area contributed by atoms with Gasteiger partial charge in [0.25, 0.3) is 0 Å². The third-order valence-corrected chi connectivity index (χ3v) is 4.11. The van der Waals surface area contributed by atoms with Gasteiger partial charge in [-0.05, 0) is 30.9 Å². The number of allylic oxidation sites excluding steroid dienone is 4. The summed E-state index contributed by atoms with van der Waals surface area (Å²) in [5.41, 5.74) is 4.35. The van der Waals surface area contributed by atoms with Gasteiger partial charge in [-0.1, -0.05) is 54.1 Å². The van der Waals surface area contributed by atoms with Crippen LogP contribution in [-0.2, 0) is 14.9 Å². The molecule has 0 saturated carbocycles. The molecule has 1 unspecified atom stereocenters. The van der Waals surface area contributed by atoms with E-state index in [1.807, 2.05) is 12.1 Å². The van der Waals surface area contributed by atoms with Crippen molar-refractivity contribution in [1.82, 2.24) is 0 Å². The fourth-order valence-electron chi connectivity index (χ4n) is 3.10. The van der Waals surface area contributed by atoms with Gasteiger partial charge in [-0.3, -0.25) is 0 Å². The van der Waals surface area contributed by atoms with Crippen LogP contribution in [-0.4, -0.2) is 13.1 Å². The van der Waals surface area contributed by atoms with Gasteiger partial charge in [-0.25, -0.2) is 4.79 Å². The number of ether oxygens (including phenoxy) is 1. The first-order valence-corrected chi connectivity index (χ1v) is 6.89. The van der Waals surface area contributed by atoms with Gasteiger partial charge >= 0.3 is 5.97 Å². The zero-order valence-electron chi connectivity index (χ0n) is 11.8. The van der Waals surface area contributed by atoms with Crippen LogP contribution in [0.3, 0.4) is 0 Å². The first-order valence-electron chi connectivity index (χ1n) is 6.89. The standard InChI is InChI=1S/C18H18O2/c1-13-8-9-16(17(19)20-2)14-11-18(10-13,12-14)15-6-4-3-5-7-15/h3-7,9-11H,8,12H2,1-2H3/b13-10+,16-9+. The molecule has 3 aliphatic rings. The van der Waals surface area contributed by atoms with Crippen LogP contribution in [0.15, 0.2) is 65.3 Å². The molecule has 0 N–H and O–H groups in total. The predicted molar refractivity (Wildman–Crippen MR) is 79.3 cm³/mol. The molecule has 3 aliphatic carbocycles. The maximum absolute atomic E-state index is 11.9. The minimum Gasteiger partial charge on any atom is -0.465 e. The third-order valence-electron chi connectivity index (χ3n) is 4.11. The molecular weight excluding hydrogens is 248 g/mol. The molecule has 20 heavy (non-hydrogen) atoms. The van der Waals surface area contributed by atoms with E-state index in [9.17, 15) is 4.79 Å². The average molecular weight is 266 g/mol. The smallest absolute Gasteiger partial charge is 0.337 e. The minimum atomic E-state index is -0.229. The second-order valence-electron chi connectivity index (χ2n) is 5.56. The van der Waals surface area contributed by atoms with Crippen molar-refractivity contribution in [3.63, 3.8) is 0 Å². The summed E-state index contributed by atoms with van der Waals surface area (Å²) in [6, 6.07) is 10.5. The van der Waals surface area contributed by atoms with Crippen LogP contribution in [0.2, 0.25) is 0 Å². The molecule has 0 aromatic heterocycles. The molecule has 1 atom stereocenters. The number of carbonyl (C=O) groups excluding carboxylic acids is 1. The Hall–Kier alpha value is -2.09. The molecule has 1 aromatic carbocycles. The van der Waals surface area contributed by atoms with Crippen molar-refractivity contribution in [2.45, 2.75) is 25.2 Å². The van der Waals surface area contributed by atoms with E-state index >= 15 is 0 Å². The van der Waals surface area contributed by atoms with Gasteiger partial charge in [0.05, 0.1) is 12.7 Å². The van der Waals surface area contributed by atoms with Crippen molar-refractivity contribution in [3.8, 4) is 0 Å². The lowest BCUT2D eigenvalue weighted by Crippen LogP contribution is -2.33.